The molecule has 0 spiro atoms. The van der Waals surface area contributed by atoms with Crippen molar-refractivity contribution >= 4 is 5.82 Å². The highest BCUT2D eigenvalue weighted by Gasteiger charge is 2.18. The number of aromatic nitrogens is 4. The Morgan fingerprint density at radius 2 is 2.11 bits per heavy atom. The molecule has 19 heavy (non-hydrogen) atoms. The number of nitrogens with two attached hydrogens (primary N) is 1. The maximum atomic E-state index is 5.28. The maximum Gasteiger partial charge on any atom is 0.158 e. The fraction of sp³-hybridized carbons (Fsp3) is 0.462. The number of nitrogens with zero attached hydrogens (tertiary/aromatic N) is 4. The van der Waals surface area contributed by atoms with Gasteiger partial charge in [0, 0.05) is 5.69 Å². The highest BCUT2D eigenvalue weighted by Crippen LogP contribution is 2.22. The molecular weight excluding hydrogens is 240 g/mol. The third-order valence-corrected chi connectivity index (χ3v) is 3.60. The van der Waals surface area contributed by atoms with E-state index in [1.165, 1.54) is 24.2 Å². The molecular formula is C13H18N6. The minimum atomic E-state index is 0.577. The molecule has 3 N–H and O–H groups in total. The topological polar surface area (TPSA) is 81.7 Å². The summed E-state index contributed by atoms with van der Waals surface area (Å²) in [5.74, 6) is 6.93. The van der Waals surface area contributed by atoms with Crippen LogP contribution >= 0.6 is 0 Å². The lowest BCUT2D eigenvalue weighted by molar-refractivity contribution is 0.619. The zero-order valence-electron chi connectivity index (χ0n) is 11.1. The predicted octanol–water partition coefficient (Wildman–Crippen LogP) is 1.19. The normalized spacial score (nSPS) is 14.2. The van der Waals surface area contributed by atoms with Gasteiger partial charge in [-0.2, -0.15) is 0 Å². The first kappa shape index (κ1) is 12.1. The second-order valence-corrected chi connectivity index (χ2v) is 4.88. The van der Waals surface area contributed by atoms with Crippen molar-refractivity contribution in [2.45, 2.75) is 39.2 Å². The smallest absolute Gasteiger partial charge is 0.158 e. The number of aryl methyl sites for hydroxylation is 2. The monoisotopic (exact) mass is 258 g/mol. The van der Waals surface area contributed by atoms with E-state index in [-0.39, 0.29) is 0 Å². The Kier molecular flexibility index (Phi) is 3.16. The third kappa shape index (κ3) is 2.31. The first-order valence-corrected chi connectivity index (χ1v) is 6.60. The van der Waals surface area contributed by atoms with Gasteiger partial charge < -0.3 is 9.99 Å². The Morgan fingerprint density at radius 3 is 2.84 bits per heavy atom. The minimum Gasteiger partial charge on any atom is -0.326 e. The van der Waals surface area contributed by atoms with Crippen LogP contribution in [0.1, 0.15) is 35.7 Å². The van der Waals surface area contributed by atoms with Gasteiger partial charge in [0.2, 0.25) is 0 Å². The molecule has 1 aliphatic rings. The van der Waals surface area contributed by atoms with Crippen LogP contribution < -0.4 is 11.3 Å². The van der Waals surface area contributed by atoms with Crippen LogP contribution in [0.5, 0.6) is 0 Å². The van der Waals surface area contributed by atoms with Gasteiger partial charge in [0.25, 0.3) is 0 Å². The van der Waals surface area contributed by atoms with Crippen molar-refractivity contribution < 1.29 is 0 Å². The Labute approximate surface area is 112 Å². The number of anilines is 1. The Morgan fingerprint density at radius 1 is 1.26 bits per heavy atom. The molecule has 0 aromatic carbocycles. The van der Waals surface area contributed by atoms with E-state index in [1.807, 2.05) is 0 Å². The SMILES string of the molecule is Cc1nc2c(n1Cc1cnc(NN)cn1)CCCC2. The van der Waals surface area contributed by atoms with Crippen LogP contribution in [-0.2, 0) is 19.4 Å². The van der Waals surface area contributed by atoms with Gasteiger partial charge in [0.05, 0.1) is 30.3 Å². The molecule has 0 saturated carbocycles. The largest absolute Gasteiger partial charge is 0.326 e. The zero-order chi connectivity index (χ0) is 13.2. The summed E-state index contributed by atoms with van der Waals surface area (Å²) in [4.78, 5) is 13.2. The average Bonchev–Trinajstić information content (AvgIpc) is 2.76. The summed E-state index contributed by atoms with van der Waals surface area (Å²) in [5, 5.41) is 0. The van der Waals surface area contributed by atoms with Gasteiger partial charge in [0.1, 0.15) is 5.82 Å². The molecule has 0 amide bonds. The molecule has 0 atom stereocenters. The zero-order valence-corrected chi connectivity index (χ0v) is 11.1. The predicted molar refractivity (Wildman–Crippen MR) is 72.6 cm³/mol. The van der Waals surface area contributed by atoms with E-state index >= 15 is 0 Å². The van der Waals surface area contributed by atoms with E-state index in [0.29, 0.717) is 5.82 Å². The lowest BCUT2D eigenvalue weighted by atomic mass is 10.0. The summed E-state index contributed by atoms with van der Waals surface area (Å²) in [7, 11) is 0. The molecule has 0 bridgehead atoms. The van der Waals surface area contributed by atoms with E-state index in [1.54, 1.807) is 12.4 Å². The van der Waals surface area contributed by atoms with Crippen molar-refractivity contribution in [3.63, 3.8) is 0 Å². The molecule has 3 rings (SSSR count). The molecule has 1 aliphatic carbocycles. The average molecular weight is 258 g/mol. The van der Waals surface area contributed by atoms with Gasteiger partial charge in [-0.25, -0.2) is 15.8 Å². The summed E-state index contributed by atoms with van der Waals surface area (Å²) in [6.45, 7) is 2.79. The van der Waals surface area contributed by atoms with Crippen LogP contribution in [-0.4, -0.2) is 19.5 Å². The molecule has 0 radical (unpaired) electrons. The fourth-order valence-electron chi connectivity index (χ4n) is 2.62. The van der Waals surface area contributed by atoms with Crippen LogP contribution in [0.15, 0.2) is 12.4 Å². The van der Waals surface area contributed by atoms with Crippen molar-refractivity contribution in [3.05, 3.63) is 35.3 Å². The number of hydrogen-bond acceptors (Lipinski definition) is 5. The molecule has 0 aliphatic heterocycles. The minimum absolute atomic E-state index is 0.577. The van der Waals surface area contributed by atoms with Crippen LogP contribution in [0.3, 0.4) is 0 Å². The summed E-state index contributed by atoms with van der Waals surface area (Å²) in [6.07, 6.45) is 8.12. The molecule has 2 heterocycles. The molecule has 0 fully saturated rings. The molecule has 6 nitrogen and oxygen atoms in total. The van der Waals surface area contributed by atoms with Gasteiger partial charge in [-0.3, -0.25) is 4.98 Å². The lowest BCUT2D eigenvalue weighted by Crippen LogP contribution is -2.12. The quantitative estimate of drug-likeness (QED) is 0.638. The Hall–Kier alpha value is -1.95. The molecule has 0 saturated heterocycles. The van der Waals surface area contributed by atoms with E-state index < -0.39 is 0 Å². The number of hydrogen-bond donors (Lipinski definition) is 2. The second kappa shape index (κ2) is 4.97. The van der Waals surface area contributed by atoms with E-state index in [2.05, 4.69) is 31.9 Å². The highest BCUT2D eigenvalue weighted by molar-refractivity contribution is 5.29. The lowest BCUT2D eigenvalue weighted by Gasteiger charge is -2.14. The van der Waals surface area contributed by atoms with Gasteiger partial charge in [-0.15, -0.1) is 0 Å². The number of hydrazine groups is 1. The number of imidazole rings is 1. The van der Waals surface area contributed by atoms with E-state index in [4.69, 9.17) is 5.84 Å². The van der Waals surface area contributed by atoms with Crippen LogP contribution in [0.4, 0.5) is 5.82 Å². The third-order valence-electron chi connectivity index (χ3n) is 3.60. The summed E-state index contributed by atoms with van der Waals surface area (Å²) < 4.78 is 2.26. The second-order valence-electron chi connectivity index (χ2n) is 4.88. The molecule has 2 aromatic heterocycles. The van der Waals surface area contributed by atoms with Crippen LogP contribution in [0, 0.1) is 6.92 Å². The van der Waals surface area contributed by atoms with Crippen molar-refractivity contribution in [2.75, 3.05) is 5.43 Å². The molecule has 2 aromatic rings. The first-order valence-electron chi connectivity index (χ1n) is 6.60. The van der Waals surface area contributed by atoms with Crippen LogP contribution in [0.2, 0.25) is 0 Å². The highest BCUT2D eigenvalue weighted by atomic mass is 15.3. The summed E-state index contributed by atoms with van der Waals surface area (Å²) in [6, 6.07) is 0. The molecule has 6 heteroatoms. The number of rotatable bonds is 3. The van der Waals surface area contributed by atoms with E-state index in [9.17, 15) is 0 Å². The van der Waals surface area contributed by atoms with Crippen molar-refractivity contribution in [1.82, 2.24) is 19.5 Å². The van der Waals surface area contributed by atoms with Crippen molar-refractivity contribution in [3.8, 4) is 0 Å². The van der Waals surface area contributed by atoms with Crippen molar-refractivity contribution in [2.24, 2.45) is 5.84 Å². The Bertz CT molecular complexity index is 572. The van der Waals surface area contributed by atoms with Gasteiger partial charge in [-0.1, -0.05) is 0 Å². The van der Waals surface area contributed by atoms with Gasteiger partial charge >= 0.3 is 0 Å². The number of nitrogens with one attached hydrogen (secondary N) is 1. The number of nitrogen functional groups attached to an aromatic ring is 1. The molecule has 0 unspecified atom stereocenters. The van der Waals surface area contributed by atoms with Gasteiger partial charge in [-0.05, 0) is 32.6 Å². The maximum absolute atomic E-state index is 5.28. The van der Waals surface area contributed by atoms with Gasteiger partial charge in [0.15, 0.2) is 5.82 Å². The van der Waals surface area contributed by atoms with Crippen molar-refractivity contribution in [1.29, 1.82) is 0 Å². The van der Waals surface area contributed by atoms with Crippen LogP contribution in [0.25, 0.3) is 0 Å². The first-order chi connectivity index (χ1) is 9.28. The molecule has 100 valence electrons. The Balaban J connectivity index is 1.88. The fourth-order valence-corrected chi connectivity index (χ4v) is 2.62. The summed E-state index contributed by atoms with van der Waals surface area (Å²) >= 11 is 0. The summed E-state index contributed by atoms with van der Waals surface area (Å²) in [5.41, 5.74) is 6.03. The number of fused-ring (bicyclic) bond motifs is 1. The van der Waals surface area contributed by atoms with E-state index in [0.717, 1.165) is 30.9 Å². The standard InChI is InChI=1S/C13H18N6/c1-9-17-11-4-2-3-5-12(11)19(9)8-10-6-16-13(18-14)7-15-10/h6-7H,2-5,8,14H2,1H3,(H,16,18).